The molecule has 2 rings (SSSR count). The number of rotatable bonds is 1. The third-order valence-corrected chi connectivity index (χ3v) is 3.46. The Balaban J connectivity index is 2.20. The average molecular weight is 284 g/mol. The van der Waals surface area contributed by atoms with E-state index in [0.29, 0.717) is 5.56 Å². The van der Waals surface area contributed by atoms with Gasteiger partial charge < -0.3 is 10.6 Å². The Labute approximate surface area is 103 Å². The van der Waals surface area contributed by atoms with Crippen molar-refractivity contribution in [2.45, 2.75) is 25.4 Å². The lowest BCUT2D eigenvalue weighted by Gasteiger charge is -2.23. The molecule has 4 nitrogen and oxygen atoms in total. The van der Waals surface area contributed by atoms with E-state index in [1.54, 1.807) is 18.5 Å². The monoisotopic (exact) mass is 283 g/mol. The molecule has 1 aromatic heterocycles. The van der Waals surface area contributed by atoms with Crippen molar-refractivity contribution >= 4 is 21.8 Å². The van der Waals surface area contributed by atoms with Crippen molar-refractivity contribution in [3.8, 4) is 0 Å². The van der Waals surface area contributed by atoms with Crippen molar-refractivity contribution in [3.05, 3.63) is 28.5 Å². The van der Waals surface area contributed by atoms with Crippen LogP contribution in [0.5, 0.6) is 0 Å². The highest BCUT2D eigenvalue weighted by Gasteiger charge is 2.31. The Morgan fingerprint density at radius 2 is 2.38 bits per heavy atom. The number of hydrogen-bond donors (Lipinski definition) is 1. The Morgan fingerprint density at radius 3 is 2.94 bits per heavy atom. The van der Waals surface area contributed by atoms with Crippen LogP contribution >= 0.6 is 15.9 Å². The van der Waals surface area contributed by atoms with Gasteiger partial charge in [0, 0.05) is 35.5 Å². The largest absolute Gasteiger partial charge is 0.334 e. The first kappa shape index (κ1) is 11.5. The summed E-state index contributed by atoms with van der Waals surface area (Å²) >= 11 is 3.31. The van der Waals surface area contributed by atoms with E-state index >= 15 is 0 Å². The molecular weight excluding hydrogens is 270 g/mol. The van der Waals surface area contributed by atoms with Gasteiger partial charge in [0.15, 0.2) is 0 Å². The summed E-state index contributed by atoms with van der Waals surface area (Å²) in [5.74, 6) is 0.00856. The van der Waals surface area contributed by atoms with E-state index in [-0.39, 0.29) is 18.0 Å². The highest BCUT2D eigenvalue weighted by molar-refractivity contribution is 9.10. The molecule has 2 unspecified atom stereocenters. The number of amides is 1. The van der Waals surface area contributed by atoms with Crippen molar-refractivity contribution in [2.75, 3.05) is 6.54 Å². The Morgan fingerprint density at radius 1 is 1.62 bits per heavy atom. The maximum absolute atomic E-state index is 12.2. The summed E-state index contributed by atoms with van der Waals surface area (Å²) in [7, 11) is 0. The summed E-state index contributed by atoms with van der Waals surface area (Å²) in [5.41, 5.74) is 6.50. The topological polar surface area (TPSA) is 59.2 Å². The lowest BCUT2D eigenvalue weighted by atomic mass is 10.1. The van der Waals surface area contributed by atoms with Gasteiger partial charge in [-0.2, -0.15) is 0 Å². The summed E-state index contributed by atoms with van der Waals surface area (Å²) in [5, 5.41) is 0. The molecule has 1 saturated heterocycles. The van der Waals surface area contributed by atoms with Crippen LogP contribution in [0.15, 0.2) is 22.9 Å². The summed E-state index contributed by atoms with van der Waals surface area (Å²) < 4.78 is 0.814. The highest BCUT2D eigenvalue weighted by atomic mass is 79.9. The smallest absolute Gasteiger partial charge is 0.255 e. The molecule has 2 heterocycles. The highest BCUT2D eigenvalue weighted by Crippen LogP contribution is 2.19. The summed E-state index contributed by atoms with van der Waals surface area (Å²) in [6, 6.07) is 1.97. The molecule has 5 heteroatoms. The minimum absolute atomic E-state index is 0.00856. The second-order valence-corrected chi connectivity index (χ2v) is 5.00. The fourth-order valence-electron chi connectivity index (χ4n) is 1.95. The van der Waals surface area contributed by atoms with Gasteiger partial charge in [-0.05, 0) is 35.3 Å². The Kier molecular flexibility index (Phi) is 3.25. The molecule has 0 aromatic carbocycles. The predicted molar refractivity (Wildman–Crippen MR) is 65.0 cm³/mol. The molecule has 0 spiro atoms. The number of carbonyl (C=O) groups is 1. The van der Waals surface area contributed by atoms with Crippen molar-refractivity contribution < 1.29 is 4.79 Å². The number of likely N-dealkylation sites (tertiary alicyclic amines) is 1. The van der Waals surface area contributed by atoms with E-state index in [0.717, 1.165) is 17.4 Å². The third kappa shape index (κ3) is 2.10. The predicted octanol–water partition coefficient (Wildman–Crippen LogP) is 1.41. The van der Waals surface area contributed by atoms with Crippen molar-refractivity contribution in [3.63, 3.8) is 0 Å². The minimum atomic E-state index is 0.00856. The molecule has 16 heavy (non-hydrogen) atoms. The lowest BCUT2D eigenvalue weighted by Crippen LogP contribution is -2.40. The molecule has 1 aliphatic heterocycles. The number of aromatic nitrogens is 1. The molecule has 0 bridgehead atoms. The van der Waals surface area contributed by atoms with Crippen molar-refractivity contribution in [2.24, 2.45) is 5.73 Å². The normalized spacial score (nSPS) is 24.8. The van der Waals surface area contributed by atoms with E-state index in [1.807, 2.05) is 11.8 Å². The Bertz CT molecular complexity index is 410. The van der Waals surface area contributed by atoms with Crippen LogP contribution in [0.4, 0.5) is 0 Å². The number of hydrogen-bond acceptors (Lipinski definition) is 3. The molecule has 0 radical (unpaired) electrons. The van der Waals surface area contributed by atoms with Crippen LogP contribution in [0.1, 0.15) is 23.7 Å². The molecule has 2 N–H and O–H groups in total. The quantitative estimate of drug-likeness (QED) is 0.848. The molecule has 0 saturated carbocycles. The lowest BCUT2D eigenvalue weighted by molar-refractivity contribution is 0.0742. The molecule has 1 aromatic rings. The maximum atomic E-state index is 12.2. The molecule has 1 amide bonds. The number of pyridine rings is 1. The first-order valence-corrected chi connectivity index (χ1v) is 6.06. The SMILES string of the molecule is CC1C(N)CCN1C(=O)c1cncc(Br)c1. The van der Waals surface area contributed by atoms with Crippen LogP contribution in [0.25, 0.3) is 0 Å². The van der Waals surface area contributed by atoms with Gasteiger partial charge in [0.2, 0.25) is 0 Å². The summed E-state index contributed by atoms with van der Waals surface area (Å²) in [6.07, 6.45) is 4.12. The van der Waals surface area contributed by atoms with Crippen molar-refractivity contribution in [1.82, 2.24) is 9.88 Å². The number of nitrogens with zero attached hydrogens (tertiary/aromatic N) is 2. The zero-order valence-electron chi connectivity index (χ0n) is 9.06. The molecule has 2 atom stereocenters. The molecule has 1 fully saturated rings. The Hall–Kier alpha value is -0.940. The van der Waals surface area contributed by atoms with E-state index in [9.17, 15) is 4.79 Å². The number of carbonyl (C=O) groups excluding carboxylic acids is 1. The fourth-order valence-corrected chi connectivity index (χ4v) is 2.31. The second-order valence-electron chi connectivity index (χ2n) is 4.08. The maximum Gasteiger partial charge on any atom is 0.255 e. The van der Waals surface area contributed by atoms with Crippen LogP contribution in [0.3, 0.4) is 0 Å². The van der Waals surface area contributed by atoms with Gasteiger partial charge in [0.05, 0.1) is 5.56 Å². The average Bonchev–Trinajstić information content (AvgIpc) is 2.59. The van der Waals surface area contributed by atoms with E-state index < -0.39 is 0 Å². The first-order chi connectivity index (χ1) is 7.59. The van der Waals surface area contributed by atoms with E-state index in [4.69, 9.17) is 5.73 Å². The second kappa shape index (κ2) is 4.51. The van der Waals surface area contributed by atoms with Gasteiger partial charge in [0.1, 0.15) is 0 Å². The first-order valence-electron chi connectivity index (χ1n) is 5.26. The van der Waals surface area contributed by atoms with E-state index in [1.165, 1.54) is 0 Å². The molecule has 1 aliphatic rings. The molecular formula is C11H14BrN3O. The van der Waals surface area contributed by atoms with Gasteiger partial charge in [-0.15, -0.1) is 0 Å². The van der Waals surface area contributed by atoms with Gasteiger partial charge >= 0.3 is 0 Å². The van der Waals surface area contributed by atoms with Crippen LogP contribution in [0, 0.1) is 0 Å². The van der Waals surface area contributed by atoms with Crippen LogP contribution < -0.4 is 5.73 Å². The van der Waals surface area contributed by atoms with Gasteiger partial charge in [-0.3, -0.25) is 9.78 Å². The summed E-state index contributed by atoms with van der Waals surface area (Å²) in [6.45, 7) is 2.72. The van der Waals surface area contributed by atoms with Crippen LogP contribution in [-0.4, -0.2) is 34.4 Å². The van der Waals surface area contributed by atoms with Gasteiger partial charge in [-0.25, -0.2) is 0 Å². The standard InChI is InChI=1S/C11H14BrN3O/c1-7-10(13)2-3-15(7)11(16)8-4-9(12)6-14-5-8/h4-7,10H,2-3,13H2,1H3. The van der Waals surface area contributed by atoms with E-state index in [2.05, 4.69) is 20.9 Å². The van der Waals surface area contributed by atoms with Crippen LogP contribution in [0.2, 0.25) is 0 Å². The number of nitrogens with two attached hydrogens (primary N) is 1. The van der Waals surface area contributed by atoms with Gasteiger partial charge in [-0.1, -0.05) is 0 Å². The van der Waals surface area contributed by atoms with Crippen molar-refractivity contribution in [1.29, 1.82) is 0 Å². The zero-order valence-corrected chi connectivity index (χ0v) is 10.6. The van der Waals surface area contributed by atoms with Crippen LogP contribution in [-0.2, 0) is 0 Å². The number of halogens is 1. The molecule has 0 aliphatic carbocycles. The zero-order chi connectivity index (χ0) is 11.7. The van der Waals surface area contributed by atoms with Gasteiger partial charge in [0.25, 0.3) is 5.91 Å². The summed E-state index contributed by atoms with van der Waals surface area (Å²) in [4.78, 5) is 18.0. The molecule has 86 valence electrons. The minimum Gasteiger partial charge on any atom is -0.334 e. The fraction of sp³-hybridized carbons (Fsp3) is 0.455. The third-order valence-electron chi connectivity index (χ3n) is 3.03.